The molecule has 0 aliphatic rings. The number of fused-ring (bicyclic) bond motifs is 9. The summed E-state index contributed by atoms with van der Waals surface area (Å²) < 4.78 is 9.16. The zero-order chi connectivity index (χ0) is 34.9. The molecule has 0 unspecified atom stereocenters. The summed E-state index contributed by atoms with van der Waals surface area (Å²) in [4.78, 5) is 2.40. The third-order valence-electron chi connectivity index (χ3n) is 10.6. The van der Waals surface area contributed by atoms with Crippen LogP contribution in [0.5, 0.6) is 0 Å². The van der Waals surface area contributed by atoms with E-state index in [1.165, 1.54) is 58.4 Å². The van der Waals surface area contributed by atoms with Crippen LogP contribution in [-0.2, 0) is 0 Å². The van der Waals surface area contributed by atoms with Gasteiger partial charge in [-0.3, -0.25) is 0 Å². The summed E-state index contributed by atoms with van der Waals surface area (Å²) in [6.07, 6.45) is 0. The first-order valence-electron chi connectivity index (χ1n) is 18.0. The fourth-order valence-corrected chi connectivity index (χ4v) is 9.28. The van der Waals surface area contributed by atoms with Crippen LogP contribution in [0.4, 0.5) is 17.1 Å². The number of hydrogen-bond acceptors (Lipinski definition) is 3. The minimum Gasteiger partial charge on any atom is -0.455 e. The third-order valence-corrected chi connectivity index (χ3v) is 11.8. The lowest BCUT2D eigenvalue weighted by atomic mass is 9.96. The van der Waals surface area contributed by atoms with Gasteiger partial charge in [-0.25, -0.2) is 0 Å². The highest BCUT2D eigenvalue weighted by molar-refractivity contribution is 7.26. The zero-order valence-electron chi connectivity index (χ0n) is 28.7. The van der Waals surface area contributed by atoms with Crippen molar-refractivity contribution in [3.63, 3.8) is 0 Å². The van der Waals surface area contributed by atoms with Crippen molar-refractivity contribution < 1.29 is 4.42 Å². The number of benzene rings is 9. The highest BCUT2D eigenvalue weighted by Crippen LogP contribution is 2.47. The molecule has 0 saturated heterocycles. The number of hydrogen-bond donors (Lipinski definition) is 0. The van der Waals surface area contributed by atoms with Crippen LogP contribution in [-0.4, -0.2) is 0 Å². The quantitative estimate of drug-likeness (QED) is 0.178. The van der Waals surface area contributed by atoms with Crippen molar-refractivity contribution >= 4 is 92.1 Å². The van der Waals surface area contributed by atoms with Gasteiger partial charge in [-0.05, 0) is 93.0 Å². The molecule has 53 heavy (non-hydrogen) atoms. The fourth-order valence-electron chi connectivity index (χ4n) is 8.11. The molecule has 3 heteroatoms. The molecule has 9 aromatic carbocycles. The van der Waals surface area contributed by atoms with Crippen LogP contribution in [0.1, 0.15) is 0 Å². The standard InChI is InChI=1S/C50H31NOS/c1-2-13-35-29-36(24-23-32(35)11-1)33-25-27-38(28-26-33)51(45-20-10-14-34-12-3-4-17-40(34)45)39-16-9-15-37(30-39)43-31-44-41-18-6-8-22-47(41)53-50(44)49-48(43)42-19-5-7-21-46(42)52-49/h1-31H. The molecule has 0 aliphatic heterocycles. The van der Waals surface area contributed by atoms with Crippen LogP contribution in [0.3, 0.4) is 0 Å². The number of anilines is 3. The monoisotopic (exact) mass is 693 g/mol. The SMILES string of the molecule is c1cc(-c2cc3c4ccccc4sc3c3oc4ccccc4c23)cc(N(c2ccc(-c3ccc4ccccc4c3)cc2)c2cccc3ccccc23)c1. The zero-order valence-corrected chi connectivity index (χ0v) is 29.5. The molecule has 0 N–H and O–H groups in total. The Labute approximate surface area is 310 Å². The Bertz CT molecular complexity index is 3180. The molecule has 248 valence electrons. The van der Waals surface area contributed by atoms with Crippen LogP contribution < -0.4 is 4.90 Å². The molecule has 0 bridgehead atoms. The van der Waals surface area contributed by atoms with E-state index in [1.807, 2.05) is 11.3 Å². The third kappa shape index (κ3) is 4.86. The first kappa shape index (κ1) is 30.0. The number of thiophene rings is 1. The Kier molecular flexibility index (Phi) is 6.76. The maximum Gasteiger partial charge on any atom is 0.153 e. The summed E-state index contributed by atoms with van der Waals surface area (Å²) >= 11 is 1.81. The second kappa shape index (κ2) is 11.9. The van der Waals surface area contributed by atoms with Crippen molar-refractivity contribution in [3.8, 4) is 22.3 Å². The molecule has 2 heterocycles. The molecule has 11 rings (SSSR count). The molecule has 11 aromatic rings. The molecular weight excluding hydrogens is 663 g/mol. The maximum absolute atomic E-state index is 6.69. The van der Waals surface area contributed by atoms with Crippen molar-refractivity contribution in [2.24, 2.45) is 0 Å². The molecule has 0 atom stereocenters. The van der Waals surface area contributed by atoms with Crippen molar-refractivity contribution in [2.45, 2.75) is 0 Å². The van der Waals surface area contributed by atoms with Crippen LogP contribution >= 0.6 is 11.3 Å². The van der Waals surface area contributed by atoms with Gasteiger partial charge in [-0.2, -0.15) is 0 Å². The Balaban J connectivity index is 1.12. The maximum atomic E-state index is 6.69. The molecule has 2 nitrogen and oxygen atoms in total. The molecule has 0 fully saturated rings. The van der Waals surface area contributed by atoms with Crippen molar-refractivity contribution in [1.29, 1.82) is 0 Å². The molecule has 0 spiro atoms. The van der Waals surface area contributed by atoms with Gasteiger partial charge in [0.15, 0.2) is 5.58 Å². The first-order valence-corrected chi connectivity index (χ1v) is 18.8. The summed E-state index contributed by atoms with van der Waals surface area (Å²) in [5, 5.41) is 9.70. The van der Waals surface area contributed by atoms with Gasteiger partial charge in [-0.15, -0.1) is 11.3 Å². The van der Waals surface area contributed by atoms with Gasteiger partial charge >= 0.3 is 0 Å². The van der Waals surface area contributed by atoms with Crippen molar-refractivity contribution in [3.05, 3.63) is 188 Å². The van der Waals surface area contributed by atoms with Crippen LogP contribution in [0.15, 0.2) is 192 Å². The van der Waals surface area contributed by atoms with Crippen LogP contribution in [0, 0.1) is 0 Å². The minimum atomic E-state index is 0.911. The van der Waals surface area contributed by atoms with E-state index in [4.69, 9.17) is 4.42 Å². The predicted molar refractivity (Wildman–Crippen MR) is 227 cm³/mol. The highest BCUT2D eigenvalue weighted by atomic mass is 32.1. The molecular formula is C50H31NOS. The topological polar surface area (TPSA) is 16.4 Å². The summed E-state index contributed by atoms with van der Waals surface area (Å²) in [6.45, 7) is 0. The number of rotatable bonds is 5. The van der Waals surface area contributed by atoms with E-state index in [0.29, 0.717) is 0 Å². The van der Waals surface area contributed by atoms with Crippen LogP contribution in [0.25, 0.3) is 85.9 Å². The molecule has 2 aromatic heterocycles. The lowest BCUT2D eigenvalue weighted by Crippen LogP contribution is -2.10. The number of para-hydroxylation sites is 1. The van der Waals surface area contributed by atoms with Gasteiger partial charge in [0.25, 0.3) is 0 Å². The van der Waals surface area contributed by atoms with E-state index < -0.39 is 0 Å². The Hall–Kier alpha value is -6.68. The minimum absolute atomic E-state index is 0.911. The van der Waals surface area contributed by atoms with Gasteiger partial charge in [0, 0.05) is 43.0 Å². The van der Waals surface area contributed by atoms with Crippen molar-refractivity contribution in [1.82, 2.24) is 0 Å². The smallest absolute Gasteiger partial charge is 0.153 e. The van der Waals surface area contributed by atoms with E-state index >= 15 is 0 Å². The Morgan fingerprint density at radius 3 is 2.00 bits per heavy atom. The fraction of sp³-hybridized carbons (Fsp3) is 0. The van der Waals surface area contributed by atoms with Gasteiger partial charge < -0.3 is 9.32 Å². The molecule has 0 saturated carbocycles. The average Bonchev–Trinajstić information content (AvgIpc) is 3.80. The lowest BCUT2D eigenvalue weighted by molar-refractivity contribution is 0.673. The van der Waals surface area contributed by atoms with Crippen LogP contribution in [0.2, 0.25) is 0 Å². The summed E-state index contributed by atoms with van der Waals surface area (Å²) in [5.74, 6) is 0. The predicted octanol–water partition coefficient (Wildman–Crippen LogP) is 15.1. The summed E-state index contributed by atoms with van der Waals surface area (Å²) in [5.41, 5.74) is 9.92. The largest absolute Gasteiger partial charge is 0.455 e. The summed E-state index contributed by atoms with van der Waals surface area (Å²) in [6, 6.07) is 68.0. The second-order valence-corrected chi connectivity index (χ2v) is 14.7. The Morgan fingerprint density at radius 2 is 1.11 bits per heavy atom. The van der Waals surface area contributed by atoms with Gasteiger partial charge in [0.05, 0.1) is 10.4 Å². The van der Waals surface area contributed by atoms with Gasteiger partial charge in [-0.1, -0.05) is 133 Å². The highest BCUT2D eigenvalue weighted by Gasteiger charge is 2.21. The number of nitrogens with zero attached hydrogens (tertiary/aromatic N) is 1. The molecule has 0 radical (unpaired) electrons. The second-order valence-electron chi connectivity index (χ2n) is 13.7. The van der Waals surface area contributed by atoms with E-state index in [9.17, 15) is 0 Å². The van der Waals surface area contributed by atoms with Crippen molar-refractivity contribution in [2.75, 3.05) is 4.90 Å². The van der Waals surface area contributed by atoms with E-state index in [2.05, 4.69) is 193 Å². The summed E-state index contributed by atoms with van der Waals surface area (Å²) in [7, 11) is 0. The van der Waals surface area contributed by atoms with Gasteiger partial charge in [0.2, 0.25) is 0 Å². The van der Waals surface area contributed by atoms with E-state index in [-0.39, 0.29) is 0 Å². The first-order chi connectivity index (χ1) is 26.3. The molecule has 0 aliphatic carbocycles. The van der Waals surface area contributed by atoms with E-state index in [0.717, 1.165) is 44.6 Å². The van der Waals surface area contributed by atoms with E-state index in [1.54, 1.807) is 0 Å². The number of furan rings is 1. The average molecular weight is 694 g/mol. The van der Waals surface area contributed by atoms with Gasteiger partial charge in [0.1, 0.15) is 5.58 Å². The molecule has 0 amide bonds. The Morgan fingerprint density at radius 1 is 0.415 bits per heavy atom. The lowest BCUT2D eigenvalue weighted by Gasteiger charge is -2.27. The normalized spacial score (nSPS) is 11.8.